The summed E-state index contributed by atoms with van der Waals surface area (Å²) in [7, 11) is 0. The number of fused-ring (bicyclic) bond motifs is 1. The van der Waals surface area contributed by atoms with Crippen LogP contribution < -0.4 is 0 Å². The average molecular weight is 175 g/mol. The molecule has 68 valence electrons. The summed E-state index contributed by atoms with van der Waals surface area (Å²) in [6, 6.07) is 0. The molecule has 0 N–H and O–H groups in total. The number of rotatable bonds is 0. The number of ketones is 1. The maximum atomic E-state index is 11.6. The summed E-state index contributed by atoms with van der Waals surface area (Å²) in [5.41, 5.74) is 1.74. The maximum Gasteiger partial charge on any atom is 0.183 e. The minimum absolute atomic E-state index is 0.182. The van der Waals surface area contributed by atoms with Crippen molar-refractivity contribution in [2.24, 2.45) is 0 Å². The van der Waals surface area contributed by atoms with Crippen molar-refractivity contribution in [3.05, 3.63) is 35.7 Å². The van der Waals surface area contributed by atoms with Crippen LogP contribution in [0.25, 0.3) is 0 Å². The van der Waals surface area contributed by atoms with Crippen LogP contribution in [0.2, 0.25) is 0 Å². The van der Waals surface area contributed by atoms with Gasteiger partial charge in [0.05, 0.1) is 0 Å². The Labute approximate surface area is 78.2 Å². The second-order valence-electron chi connectivity index (χ2n) is 4.00. The van der Waals surface area contributed by atoms with Crippen LogP contribution in [0.3, 0.4) is 0 Å². The summed E-state index contributed by atoms with van der Waals surface area (Å²) < 4.78 is 0. The molecule has 0 saturated carbocycles. The minimum Gasteiger partial charge on any atom is -0.332 e. The fourth-order valence-corrected chi connectivity index (χ4v) is 1.94. The molecule has 0 aliphatic carbocycles. The lowest BCUT2D eigenvalue weighted by Gasteiger charge is -2.35. The Balaban J connectivity index is 2.52. The molecule has 0 unspecified atom stereocenters. The fourth-order valence-electron chi connectivity index (χ4n) is 1.94. The van der Waals surface area contributed by atoms with Crippen LogP contribution in [-0.4, -0.2) is 16.2 Å². The van der Waals surface area contributed by atoms with Gasteiger partial charge in [0, 0.05) is 17.5 Å². The quantitative estimate of drug-likeness (QED) is 0.561. The van der Waals surface area contributed by atoms with Crippen molar-refractivity contribution in [1.29, 1.82) is 0 Å². The van der Waals surface area contributed by atoms with Crippen molar-refractivity contribution in [3.63, 3.8) is 0 Å². The number of hydrogen-bond donors (Lipinski definition) is 0. The van der Waals surface area contributed by atoms with Gasteiger partial charge < -0.3 is 4.90 Å². The molecule has 13 heavy (non-hydrogen) atoms. The van der Waals surface area contributed by atoms with Crippen molar-refractivity contribution in [2.45, 2.75) is 26.3 Å². The van der Waals surface area contributed by atoms with E-state index in [1.165, 1.54) is 0 Å². The van der Waals surface area contributed by atoms with Gasteiger partial charge in [0.1, 0.15) is 5.54 Å². The van der Waals surface area contributed by atoms with Gasteiger partial charge in [-0.1, -0.05) is 6.08 Å². The molecule has 0 bridgehead atoms. The molecule has 0 amide bonds. The first kappa shape index (κ1) is 8.30. The normalized spacial score (nSPS) is 24.2. The van der Waals surface area contributed by atoms with E-state index in [2.05, 4.69) is 4.90 Å². The SMILES string of the molecule is CC1=CC=CC2=CC(=O)C(C)(C)N12. The summed E-state index contributed by atoms with van der Waals surface area (Å²) in [5.74, 6) is 0.182. The van der Waals surface area contributed by atoms with Gasteiger partial charge in [-0.25, -0.2) is 0 Å². The number of carbonyl (C=O) groups excluding carboxylic acids is 1. The Morgan fingerprint density at radius 2 is 2.08 bits per heavy atom. The number of carbonyl (C=O) groups is 1. The molecule has 0 aromatic carbocycles. The van der Waals surface area contributed by atoms with Crippen molar-refractivity contribution in [3.8, 4) is 0 Å². The van der Waals surface area contributed by atoms with Gasteiger partial charge in [-0.05, 0) is 32.9 Å². The number of allylic oxidation sites excluding steroid dienone is 4. The Kier molecular flexibility index (Phi) is 1.50. The Morgan fingerprint density at radius 1 is 1.38 bits per heavy atom. The van der Waals surface area contributed by atoms with E-state index in [4.69, 9.17) is 0 Å². The highest BCUT2D eigenvalue weighted by atomic mass is 16.1. The van der Waals surface area contributed by atoms with Crippen LogP contribution in [0.15, 0.2) is 35.7 Å². The van der Waals surface area contributed by atoms with Gasteiger partial charge in [-0.2, -0.15) is 0 Å². The highest BCUT2D eigenvalue weighted by molar-refractivity contribution is 6.01. The lowest BCUT2D eigenvalue weighted by atomic mass is 10.00. The number of nitrogens with zero attached hydrogens (tertiary/aromatic N) is 1. The fraction of sp³-hybridized carbons (Fsp3) is 0.364. The van der Waals surface area contributed by atoms with Crippen LogP contribution in [0.4, 0.5) is 0 Å². The van der Waals surface area contributed by atoms with Crippen molar-refractivity contribution >= 4 is 5.78 Å². The summed E-state index contributed by atoms with van der Waals surface area (Å²) >= 11 is 0. The second kappa shape index (κ2) is 2.34. The van der Waals surface area contributed by atoms with Gasteiger partial charge in [0.15, 0.2) is 5.78 Å². The van der Waals surface area contributed by atoms with Crippen molar-refractivity contribution in [2.75, 3.05) is 0 Å². The third-order valence-corrected chi connectivity index (χ3v) is 2.66. The predicted octanol–water partition coefficient (Wildman–Crippen LogP) is 2.01. The number of hydrogen-bond acceptors (Lipinski definition) is 2. The van der Waals surface area contributed by atoms with E-state index >= 15 is 0 Å². The van der Waals surface area contributed by atoms with Gasteiger partial charge in [0.2, 0.25) is 0 Å². The smallest absolute Gasteiger partial charge is 0.183 e. The van der Waals surface area contributed by atoms with Crippen molar-refractivity contribution in [1.82, 2.24) is 4.90 Å². The molecule has 0 aromatic heterocycles. The van der Waals surface area contributed by atoms with E-state index in [0.717, 1.165) is 11.4 Å². The maximum absolute atomic E-state index is 11.6. The third kappa shape index (κ3) is 0.981. The Bertz CT molecular complexity index is 358. The van der Waals surface area contributed by atoms with Gasteiger partial charge in [-0.15, -0.1) is 0 Å². The molecule has 0 saturated heterocycles. The Morgan fingerprint density at radius 3 is 2.69 bits per heavy atom. The standard InChI is InChI=1S/C11H13NO/c1-8-5-4-6-9-7-10(13)11(2,3)12(8)9/h4-7H,1-3H3. The Hall–Kier alpha value is -1.31. The molecule has 2 rings (SSSR count). The van der Waals surface area contributed by atoms with E-state index in [0.29, 0.717) is 0 Å². The van der Waals surface area contributed by atoms with E-state index in [1.54, 1.807) is 6.08 Å². The third-order valence-electron chi connectivity index (χ3n) is 2.66. The first-order valence-electron chi connectivity index (χ1n) is 4.45. The lowest BCUT2D eigenvalue weighted by molar-refractivity contribution is -0.120. The highest BCUT2D eigenvalue weighted by Gasteiger charge is 2.40. The monoisotopic (exact) mass is 175 g/mol. The summed E-state index contributed by atoms with van der Waals surface area (Å²) in [6.07, 6.45) is 7.69. The van der Waals surface area contributed by atoms with Crippen LogP contribution in [0, 0.1) is 0 Å². The zero-order valence-electron chi connectivity index (χ0n) is 8.16. The largest absolute Gasteiger partial charge is 0.332 e. The molecule has 0 radical (unpaired) electrons. The zero-order valence-corrected chi connectivity index (χ0v) is 8.16. The van der Waals surface area contributed by atoms with Crippen molar-refractivity contribution < 1.29 is 4.79 Å². The molecule has 2 nitrogen and oxygen atoms in total. The van der Waals surface area contributed by atoms with Crippen LogP contribution in [0.1, 0.15) is 20.8 Å². The zero-order chi connectivity index (χ0) is 9.64. The van der Waals surface area contributed by atoms with Gasteiger partial charge in [0.25, 0.3) is 0 Å². The first-order chi connectivity index (χ1) is 6.03. The minimum atomic E-state index is -0.402. The van der Waals surface area contributed by atoms with E-state index < -0.39 is 5.54 Å². The van der Waals surface area contributed by atoms with Gasteiger partial charge in [-0.3, -0.25) is 4.79 Å². The molecule has 2 aliphatic heterocycles. The van der Waals surface area contributed by atoms with E-state index in [1.807, 2.05) is 39.0 Å². The second-order valence-corrected chi connectivity index (χ2v) is 4.00. The summed E-state index contributed by atoms with van der Waals surface area (Å²) in [5, 5.41) is 0. The van der Waals surface area contributed by atoms with Crippen LogP contribution in [0.5, 0.6) is 0 Å². The highest BCUT2D eigenvalue weighted by Crippen LogP contribution is 2.35. The molecule has 2 aliphatic rings. The van der Waals surface area contributed by atoms with Gasteiger partial charge >= 0.3 is 0 Å². The predicted molar refractivity (Wildman–Crippen MR) is 51.9 cm³/mol. The summed E-state index contributed by atoms with van der Waals surface area (Å²) in [6.45, 7) is 5.93. The topological polar surface area (TPSA) is 20.3 Å². The van der Waals surface area contributed by atoms with E-state index in [9.17, 15) is 4.79 Å². The molecular formula is C11H13NO. The molecule has 2 heteroatoms. The molecule has 0 aromatic rings. The molecule has 0 spiro atoms. The molecule has 0 atom stereocenters. The van der Waals surface area contributed by atoms with E-state index in [-0.39, 0.29) is 5.78 Å². The summed E-state index contributed by atoms with van der Waals surface area (Å²) in [4.78, 5) is 13.7. The first-order valence-corrected chi connectivity index (χ1v) is 4.45. The lowest BCUT2D eigenvalue weighted by Crippen LogP contribution is -2.42. The van der Waals surface area contributed by atoms with Crippen LogP contribution >= 0.6 is 0 Å². The molecule has 0 fully saturated rings. The molecular weight excluding hydrogens is 162 g/mol. The van der Waals surface area contributed by atoms with Crippen LogP contribution in [-0.2, 0) is 4.79 Å². The average Bonchev–Trinajstić information content (AvgIpc) is 2.24. The molecule has 2 heterocycles.